The molecule has 3 N–H and O–H groups in total. The molecule has 206 valence electrons. The van der Waals surface area contributed by atoms with Crippen LogP contribution in [-0.4, -0.2) is 67.8 Å². The number of amides is 2. The number of hydrogen-bond donors (Lipinski definition) is 2. The first-order chi connectivity index (χ1) is 17.6. The number of hydrogen-bond acceptors (Lipinski definition) is 6. The van der Waals surface area contributed by atoms with Crippen molar-refractivity contribution in [1.29, 1.82) is 0 Å². The van der Waals surface area contributed by atoms with Crippen LogP contribution in [0, 0.1) is 12.7 Å². The number of rotatable bonds is 5. The van der Waals surface area contributed by atoms with E-state index in [-0.39, 0.29) is 23.5 Å². The molecule has 38 heavy (non-hydrogen) atoms. The number of aromatic nitrogens is 3. The third-order valence-electron chi connectivity index (χ3n) is 5.75. The highest BCUT2D eigenvalue weighted by Crippen LogP contribution is 2.31. The predicted octanol–water partition coefficient (Wildman–Crippen LogP) is 3.38. The van der Waals surface area contributed by atoms with Crippen LogP contribution in [0.4, 0.5) is 17.6 Å². The first kappa shape index (κ1) is 29.0. The number of alkyl halides is 3. The molecule has 0 aliphatic carbocycles. The fraction of sp³-hybridized carbons (Fsp3) is 0.440. The third-order valence-corrected chi connectivity index (χ3v) is 5.75. The van der Waals surface area contributed by atoms with Crippen molar-refractivity contribution >= 4 is 22.7 Å². The van der Waals surface area contributed by atoms with E-state index in [2.05, 4.69) is 9.97 Å². The maximum Gasteiger partial charge on any atom is 0.417 e. The summed E-state index contributed by atoms with van der Waals surface area (Å²) >= 11 is 0. The molecule has 3 aromatic rings. The zero-order chi connectivity index (χ0) is 28.4. The lowest BCUT2D eigenvalue weighted by atomic mass is 10.1. The summed E-state index contributed by atoms with van der Waals surface area (Å²) in [4.78, 5) is 31.5. The standard InChI is InChI=1S/C15H10F4N4O.C10H19NO3/c1-7-2-8-5-21-11(13(20)24)4-12(8)23(7)14-10(16)3-9(6-22-14)15(17,18)19;1-8(12)11-5-4-9(6-11)14-7-10(2,3)13/h2-6H,1H3,(H2,20,24);9,13H,4-7H2,1-3H3. The maximum atomic E-state index is 14.2. The fourth-order valence-electron chi connectivity index (χ4n) is 3.88. The number of ether oxygens (including phenoxy) is 1. The number of pyridine rings is 2. The van der Waals surface area contributed by atoms with Crippen LogP contribution in [0.3, 0.4) is 0 Å². The quantitative estimate of drug-likeness (QED) is 0.479. The van der Waals surface area contributed by atoms with E-state index < -0.39 is 29.1 Å². The van der Waals surface area contributed by atoms with Crippen LogP contribution in [-0.2, 0) is 15.7 Å². The molecule has 1 fully saturated rings. The monoisotopic (exact) mass is 539 g/mol. The molecule has 1 saturated heterocycles. The number of aliphatic hydroxyl groups is 1. The minimum atomic E-state index is -4.69. The second-order valence-electron chi connectivity index (χ2n) is 9.64. The topological polar surface area (TPSA) is 124 Å². The number of halogens is 4. The van der Waals surface area contributed by atoms with Gasteiger partial charge in [0.2, 0.25) is 5.91 Å². The zero-order valence-corrected chi connectivity index (χ0v) is 21.3. The molecule has 13 heteroatoms. The minimum absolute atomic E-state index is 0.0471. The molecule has 1 aliphatic heterocycles. The number of fused-ring (bicyclic) bond motifs is 1. The van der Waals surface area contributed by atoms with E-state index in [1.807, 2.05) is 0 Å². The lowest BCUT2D eigenvalue weighted by Gasteiger charge is -2.20. The summed E-state index contributed by atoms with van der Waals surface area (Å²) in [6.07, 6.45) is -1.80. The molecule has 0 saturated carbocycles. The number of nitrogens with two attached hydrogens (primary N) is 1. The van der Waals surface area contributed by atoms with Crippen LogP contribution in [0.25, 0.3) is 16.7 Å². The van der Waals surface area contributed by atoms with Crippen molar-refractivity contribution in [3.05, 3.63) is 53.4 Å². The third kappa shape index (κ3) is 7.04. The molecule has 9 nitrogen and oxygen atoms in total. The second kappa shape index (κ2) is 11.0. The van der Waals surface area contributed by atoms with Gasteiger partial charge in [0.25, 0.3) is 5.91 Å². The van der Waals surface area contributed by atoms with Crippen molar-refractivity contribution in [2.24, 2.45) is 5.73 Å². The molecular weight excluding hydrogens is 510 g/mol. The van der Waals surface area contributed by atoms with Crippen molar-refractivity contribution in [2.75, 3.05) is 19.7 Å². The molecule has 3 aromatic heterocycles. The first-order valence-corrected chi connectivity index (χ1v) is 11.7. The summed E-state index contributed by atoms with van der Waals surface area (Å²) in [5.41, 5.74) is 4.03. The van der Waals surface area contributed by atoms with Gasteiger partial charge in [-0.25, -0.2) is 9.37 Å². The summed E-state index contributed by atoms with van der Waals surface area (Å²) in [6, 6.07) is 3.36. The Morgan fingerprint density at radius 2 is 1.87 bits per heavy atom. The Morgan fingerprint density at radius 3 is 2.39 bits per heavy atom. The molecule has 0 radical (unpaired) electrons. The molecular formula is C25H29F4N5O4. The van der Waals surface area contributed by atoms with Gasteiger partial charge in [-0.15, -0.1) is 0 Å². The van der Waals surface area contributed by atoms with Gasteiger partial charge in [-0.3, -0.25) is 19.1 Å². The largest absolute Gasteiger partial charge is 0.417 e. The van der Waals surface area contributed by atoms with Gasteiger partial charge < -0.3 is 20.5 Å². The van der Waals surface area contributed by atoms with E-state index in [9.17, 15) is 32.3 Å². The summed E-state index contributed by atoms with van der Waals surface area (Å²) < 4.78 is 59.0. The van der Waals surface area contributed by atoms with Gasteiger partial charge >= 0.3 is 6.18 Å². The summed E-state index contributed by atoms with van der Waals surface area (Å²) in [7, 11) is 0. The van der Waals surface area contributed by atoms with Crippen LogP contribution in [0.2, 0.25) is 0 Å². The smallest absolute Gasteiger partial charge is 0.388 e. The molecule has 1 atom stereocenters. The molecule has 0 aromatic carbocycles. The van der Waals surface area contributed by atoms with Crippen molar-refractivity contribution in [3.63, 3.8) is 0 Å². The number of primary amides is 1. The van der Waals surface area contributed by atoms with Gasteiger partial charge in [0.1, 0.15) is 5.69 Å². The van der Waals surface area contributed by atoms with Crippen LogP contribution in [0.15, 0.2) is 30.6 Å². The minimum Gasteiger partial charge on any atom is -0.388 e. The summed E-state index contributed by atoms with van der Waals surface area (Å²) in [6.45, 7) is 8.37. The summed E-state index contributed by atoms with van der Waals surface area (Å²) in [5.74, 6) is -2.12. The van der Waals surface area contributed by atoms with E-state index >= 15 is 0 Å². The van der Waals surface area contributed by atoms with Gasteiger partial charge in [0, 0.05) is 43.5 Å². The fourth-order valence-corrected chi connectivity index (χ4v) is 3.88. The second-order valence-corrected chi connectivity index (χ2v) is 9.64. The highest BCUT2D eigenvalue weighted by atomic mass is 19.4. The lowest BCUT2D eigenvalue weighted by molar-refractivity contribution is -0.138. The van der Waals surface area contributed by atoms with E-state index in [0.717, 1.165) is 13.0 Å². The molecule has 2 amide bonds. The average Bonchev–Trinajstić information content (AvgIpc) is 3.41. The molecule has 1 aliphatic rings. The highest BCUT2D eigenvalue weighted by Gasteiger charge is 2.32. The van der Waals surface area contributed by atoms with Gasteiger partial charge in [-0.2, -0.15) is 13.2 Å². The average molecular weight is 540 g/mol. The Labute approximate surface area is 216 Å². The van der Waals surface area contributed by atoms with Gasteiger partial charge in [0.05, 0.1) is 29.4 Å². The van der Waals surface area contributed by atoms with Gasteiger partial charge in [-0.1, -0.05) is 0 Å². The normalized spacial score (nSPS) is 15.9. The first-order valence-electron chi connectivity index (χ1n) is 11.7. The number of nitrogens with zero attached hydrogens (tertiary/aromatic N) is 4. The maximum absolute atomic E-state index is 14.2. The van der Waals surface area contributed by atoms with Crippen LogP contribution in [0.1, 0.15) is 48.9 Å². The molecule has 1 unspecified atom stereocenters. The number of likely N-dealkylation sites (tertiary alicyclic amines) is 1. The molecule has 0 spiro atoms. The van der Waals surface area contributed by atoms with Crippen LogP contribution in [0.5, 0.6) is 0 Å². The number of carbonyl (C=O) groups excluding carboxylic acids is 2. The zero-order valence-electron chi connectivity index (χ0n) is 21.3. The Hall–Kier alpha value is -3.58. The van der Waals surface area contributed by atoms with E-state index in [1.54, 1.807) is 38.7 Å². The van der Waals surface area contributed by atoms with Gasteiger partial charge in [-0.05, 0) is 45.4 Å². The predicted molar refractivity (Wildman–Crippen MR) is 130 cm³/mol. The number of aryl methyl sites for hydroxylation is 1. The highest BCUT2D eigenvalue weighted by molar-refractivity contribution is 5.95. The van der Waals surface area contributed by atoms with Crippen LogP contribution >= 0.6 is 0 Å². The number of carbonyl (C=O) groups is 2. The lowest BCUT2D eigenvalue weighted by Crippen LogP contribution is -2.32. The molecule has 4 heterocycles. The van der Waals surface area contributed by atoms with E-state index in [0.29, 0.717) is 42.0 Å². The SMILES string of the molecule is CC(=O)N1CCC(OCC(C)(C)O)C1.Cc1cc2cnc(C(N)=O)cc2n1-c1ncc(C(F)(F)F)cc1F. The summed E-state index contributed by atoms with van der Waals surface area (Å²) in [5, 5.41) is 10.0. The van der Waals surface area contributed by atoms with Crippen molar-refractivity contribution in [1.82, 2.24) is 19.4 Å². The van der Waals surface area contributed by atoms with Crippen LogP contribution < -0.4 is 5.73 Å². The van der Waals surface area contributed by atoms with Crippen molar-refractivity contribution < 1.29 is 37.0 Å². The van der Waals surface area contributed by atoms with E-state index in [4.69, 9.17) is 10.5 Å². The van der Waals surface area contributed by atoms with Crippen molar-refractivity contribution in [3.8, 4) is 5.82 Å². The Bertz CT molecular complexity index is 1330. The molecule has 4 rings (SSSR count). The Balaban J connectivity index is 0.000000244. The van der Waals surface area contributed by atoms with Crippen molar-refractivity contribution in [2.45, 2.75) is 52.0 Å². The molecule has 0 bridgehead atoms. The Morgan fingerprint density at radius 1 is 1.18 bits per heavy atom. The van der Waals surface area contributed by atoms with E-state index in [1.165, 1.54) is 16.8 Å². The Kier molecular flexibility index (Phi) is 8.42. The van der Waals surface area contributed by atoms with Gasteiger partial charge in [0.15, 0.2) is 11.6 Å².